The first-order valence-electron chi connectivity index (χ1n) is 7.31. The molecule has 0 saturated carbocycles. The molecule has 5 heteroatoms. The Hall–Kier alpha value is -1.36. The molecule has 0 aliphatic carbocycles. The van der Waals surface area contributed by atoms with Crippen LogP contribution in [0.5, 0.6) is 0 Å². The highest BCUT2D eigenvalue weighted by molar-refractivity contribution is 5.86. The molecule has 0 bridgehead atoms. The summed E-state index contributed by atoms with van der Waals surface area (Å²) in [4.78, 5) is 21.5. The molecule has 0 aromatic heterocycles. The van der Waals surface area contributed by atoms with Crippen molar-refractivity contribution in [3.8, 4) is 0 Å². The van der Waals surface area contributed by atoms with Gasteiger partial charge in [-0.05, 0) is 33.3 Å². The summed E-state index contributed by atoms with van der Waals surface area (Å²) in [6.07, 6.45) is 0. The van der Waals surface area contributed by atoms with Gasteiger partial charge in [-0.2, -0.15) is 0 Å². The van der Waals surface area contributed by atoms with Crippen LogP contribution in [0.3, 0.4) is 0 Å². The van der Waals surface area contributed by atoms with Gasteiger partial charge < -0.3 is 14.5 Å². The van der Waals surface area contributed by atoms with E-state index in [-0.39, 0.29) is 17.4 Å². The van der Waals surface area contributed by atoms with Crippen LogP contribution in [0, 0.1) is 5.41 Å². The van der Waals surface area contributed by atoms with Gasteiger partial charge in [-0.15, -0.1) is 0 Å². The molecule has 2 fully saturated rings. The average Bonchev–Trinajstić information content (AvgIpc) is 2.41. The van der Waals surface area contributed by atoms with Crippen LogP contribution >= 0.6 is 0 Å². The van der Waals surface area contributed by atoms with Crippen molar-refractivity contribution in [2.75, 3.05) is 32.8 Å². The molecule has 3 aliphatic heterocycles. The third-order valence-corrected chi connectivity index (χ3v) is 4.76. The van der Waals surface area contributed by atoms with Crippen LogP contribution < -0.4 is 0 Å². The molecule has 1 atom stereocenters. The highest BCUT2D eigenvalue weighted by Gasteiger charge is 2.45. The molecule has 0 N–H and O–H groups in total. The van der Waals surface area contributed by atoms with E-state index in [0.717, 1.165) is 18.9 Å². The molecule has 0 radical (unpaired) electrons. The van der Waals surface area contributed by atoms with E-state index in [9.17, 15) is 4.79 Å². The van der Waals surface area contributed by atoms with Crippen molar-refractivity contribution >= 4 is 11.7 Å². The Morgan fingerprint density at radius 3 is 2.65 bits per heavy atom. The number of ether oxygens (including phenoxy) is 1. The molecular formula is C15H23N3O2. The van der Waals surface area contributed by atoms with Crippen molar-refractivity contribution in [1.82, 2.24) is 9.80 Å². The number of carbonyl (C=O) groups is 1. The van der Waals surface area contributed by atoms with Gasteiger partial charge in [0.2, 0.25) is 5.91 Å². The summed E-state index contributed by atoms with van der Waals surface area (Å²) in [6.45, 7) is 11.7. The second kappa shape index (κ2) is 4.58. The van der Waals surface area contributed by atoms with Gasteiger partial charge >= 0.3 is 0 Å². The standard InChI is InChI=1S/C15H23N3O2/c1-10-11(2)16-12(3)18-6-5-17(7-13(10)18)14(19)15(4)8-20-9-15/h11H,5-9H2,1-4H3. The number of nitrogens with zero attached hydrogens (tertiary/aromatic N) is 3. The monoisotopic (exact) mass is 277 g/mol. The van der Waals surface area contributed by atoms with Crippen LogP contribution in [0.15, 0.2) is 16.3 Å². The second-order valence-electron chi connectivity index (χ2n) is 6.41. The molecule has 2 saturated heterocycles. The lowest BCUT2D eigenvalue weighted by Crippen LogP contribution is -2.58. The number of aliphatic imine (C=N–C) groups is 1. The summed E-state index contributed by atoms with van der Waals surface area (Å²) in [6, 6.07) is 0.221. The summed E-state index contributed by atoms with van der Waals surface area (Å²) in [5, 5.41) is 0. The number of amides is 1. The van der Waals surface area contributed by atoms with Crippen molar-refractivity contribution < 1.29 is 9.53 Å². The van der Waals surface area contributed by atoms with E-state index in [0.29, 0.717) is 19.8 Å². The van der Waals surface area contributed by atoms with Crippen LogP contribution in [0.1, 0.15) is 27.7 Å². The van der Waals surface area contributed by atoms with Crippen LogP contribution in [0.25, 0.3) is 0 Å². The summed E-state index contributed by atoms with van der Waals surface area (Å²) in [7, 11) is 0. The van der Waals surface area contributed by atoms with E-state index < -0.39 is 0 Å². The number of carbonyl (C=O) groups excluding carboxylic acids is 1. The zero-order valence-corrected chi connectivity index (χ0v) is 12.8. The van der Waals surface area contributed by atoms with Gasteiger partial charge in [0.1, 0.15) is 5.84 Å². The molecule has 110 valence electrons. The zero-order chi connectivity index (χ0) is 14.5. The Morgan fingerprint density at radius 2 is 2.05 bits per heavy atom. The van der Waals surface area contributed by atoms with Crippen molar-refractivity contribution in [2.45, 2.75) is 33.7 Å². The molecule has 1 unspecified atom stereocenters. The molecule has 20 heavy (non-hydrogen) atoms. The summed E-state index contributed by atoms with van der Waals surface area (Å²) < 4.78 is 5.22. The number of hydrogen-bond donors (Lipinski definition) is 0. The van der Waals surface area contributed by atoms with Crippen molar-refractivity contribution in [3.63, 3.8) is 0 Å². The maximum Gasteiger partial charge on any atom is 0.233 e. The fourth-order valence-corrected chi connectivity index (χ4v) is 3.17. The average molecular weight is 277 g/mol. The van der Waals surface area contributed by atoms with Gasteiger partial charge in [-0.25, -0.2) is 0 Å². The van der Waals surface area contributed by atoms with Crippen molar-refractivity contribution in [2.24, 2.45) is 10.4 Å². The highest BCUT2D eigenvalue weighted by Crippen LogP contribution is 2.32. The molecule has 5 nitrogen and oxygen atoms in total. The maximum atomic E-state index is 12.6. The Balaban J connectivity index is 1.80. The summed E-state index contributed by atoms with van der Waals surface area (Å²) in [5.74, 6) is 1.31. The van der Waals surface area contributed by atoms with Gasteiger partial charge in [0.25, 0.3) is 0 Å². The van der Waals surface area contributed by atoms with E-state index in [1.165, 1.54) is 11.3 Å². The zero-order valence-electron chi connectivity index (χ0n) is 12.8. The summed E-state index contributed by atoms with van der Waals surface area (Å²) in [5.41, 5.74) is 2.23. The van der Waals surface area contributed by atoms with Crippen LogP contribution in [0.2, 0.25) is 0 Å². The maximum absolute atomic E-state index is 12.6. The lowest BCUT2D eigenvalue weighted by Gasteiger charge is -2.46. The first-order chi connectivity index (χ1) is 9.42. The highest BCUT2D eigenvalue weighted by atomic mass is 16.5. The fraction of sp³-hybridized carbons (Fsp3) is 0.733. The Morgan fingerprint density at radius 1 is 1.35 bits per heavy atom. The predicted molar refractivity (Wildman–Crippen MR) is 77.5 cm³/mol. The van der Waals surface area contributed by atoms with E-state index in [1.54, 1.807) is 0 Å². The van der Waals surface area contributed by atoms with Crippen molar-refractivity contribution in [1.29, 1.82) is 0 Å². The SMILES string of the molecule is CC1=NC(C)C(C)=C2CN(C(=O)C3(C)COC3)CCN12. The van der Waals surface area contributed by atoms with Crippen molar-refractivity contribution in [3.05, 3.63) is 11.3 Å². The predicted octanol–water partition coefficient (Wildman–Crippen LogP) is 1.26. The van der Waals surface area contributed by atoms with Gasteiger partial charge in [0.05, 0.1) is 31.2 Å². The molecule has 3 rings (SSSR count). The lowest BCUT2D eigenvalue weighted by atomic mass is 9.86. The lowest BCUT2D eigenvalue weighted by molar-refractivity contribution is -0.169. The molecule has 3 aliphatic rings. The molecule has 0 aromatic rings. The van der Waals surface area contributed by atoms with Gasteiger partial charge in [-0.1, -0.05) is 0 Å². The molecule has 3 heterocycles. The minimum absolute atomic E-state index is 0.221. The topological polar surface area (TPSA) is 45.1 Å². The van der Waals surface area contributed by atoms with E-state index in [1.807, 2.05) is 11.8 Å². The Kier molecular flexibility index (Phi) is 3.12. The first-order valence-corrected chi connectivity index (χ1v) is 7.31. The number of fused-ring (bicyclic) bond motifs is 1. The molecule has 1 amide bonds. The van der Waals surface area contributed by atoms with E-state index in [4.69, 9.17) is 4.74 Å². The summed E-state index contributed by atoms with van der Waals surface area (Å²) >= 11 is 0. The van der Waals surface area contributed by atoms with E-state index in [2.05, 4.69) is 30.7 Å². The Labute approximate surface area is 120 Å². The van der Waals surface area contributed by atoms with Crippen LogP contribution in [-0.2, 0) is 9.53 Å². The van der Waals surface area contributed by atoms with Crippen LogP contribution in [0.4, 0.5) is 0 Å². The molecular weight excluding hydrogens is 254 g/mol. The number of rotatable bonds is 1. The minimum Gasteiger partial charge on any atom is -0.379 e. The molecule has 0 spiro atoms. The number of hydrogen-bond acceptors (Lipinski definition) is 4. The fourth-order valence-electron chi connectivity index (χ4n) is 3.17. The van der Waals surface area contributed by atoms with E-state index >= 15 is 0 Å². The van der Waals surface area contributed by atoms with Gasteiger partial charge in [-0.3, -0.25) is 9.79 Å². The quantitative estimate of drug-likeness (QED) is 0.725. The molecule has 0 aromatic carbocycles. The van der Waals surface area contributed by atoms with Gasteiger partial charge in [0.15, 0.2) is 0 Å². The third kappa shape index (κ3) is 1.95. The largest absolute Gasteiger partial charge is 0.379 e. The third-order valence-electron chi connectivity index (χ3n) is 4.76. The van der Waals surface area contributed by atoms with Gasteiger partial charge in [0, 0.05) is 18.8 Å². The smallest absolute Gasteiger partial charge is 0.233 e. The second-order valence-corrected chi connectivity index (χ2v) is 6.41. The minimum atomic E-state index is -0.306. The number of amidine groups is 1. The number of piperazine rings is 1. The normalized spacial score (nSPS) is 28.8. The first kappa shape index (κ1) is 13.6. The Bertz CT molecular complexity index is 505. The van der Waals surface area contributed by atoms with Crippen LogP contribution in [-0.4, -0.2) is 60.4 Å².